The molecule has 1 aliphatic heterocycles. The van der Waals surface area contributed by atoms with E-state index in [0.717, 1.165) is 31.5 Å². The highest BCUT2D eigenvalue weighted by Crippen LogP contribution is 2.22. The highest BCUT2D eigenvalue weighted by atomic mass is 19.1. The van der Waals surface area contributed by atoms with Crippen molar-refractivity contribution in [3.8, 4) is 0 Å². The van der Waals surface area contributed by atoms with Gasteiger partial charge in [-0.2, -0.15) is 0 Å². The number of nitrogens with one attached hydrogen (secondary N) is 1. The minimum atomic E-state index is -0.627. The molecule has 0 aliphatic carbocycles. The summed E-state index contributed by atoms with van der Waals surface area (Å²) in [5.74, 6) is -0.278. The third-order valence-corrected chi connectivity index (χ3v) is 4.80. The van der Waals surface area contributed by atoms with E-state index in [1.54, 1.807) is 12.1 Å². The van der Waals surface area contributed by atoms with Gasteiger partial charge in [-0.3, -0.25) is 0 Å². The number of para-hydroxylation sites is 1. The van der Waals surface area contributed by atoms with Crippen LogP contribution < -0.4 is 10.2 Å². The molecule has 3 nitrogen and oxygen atoms in total. The van der Waals surface area contributed by atoms with Gasteiger partial charge in [-0.1, -0.05) is 30.3 Å². The molecule has 128 valence electrons. The van der Waals surface area contributed by atoms with Crippen molar-refractivity contribution in [1.82, 2.24) is 5.32 Å². The van der Waals surface area contributed by atoms with Crippen molar-refractivity contribution < 1.29 is 9.50 Å². The van der Waals surface area contributed by atoms with E-state index in [4.69, 9.17) is 0 Å². The Balaban J connectivity index is 1.51. The first-order valence-electron chi connectivity index (χ1n) is 8.63. The van der Waals surface area contributed by atoms with Gasteiger partial charge < -0.3 is 15.3 Å². The molecule has 2 atom stereocenters. The summed E-state index contributed by atoms with van der Waals surface area (Å²) < 4.78 is 13.0. The summed E-state index contributed by atoms with van der Waals surface area (Å²) in [6.45, 7) is 4.01. The molecule has 1 fully saturated rings. The van der Waals surface area contributed by atoms with Crippen LogP contribution in [0.3, 0.4) is 0 Å². The Bertz CT molecular complexity index is 624. The molecule has 2 aromatic rings. The van der Waals surface area contributed by atoms with Gasteiger partial charge in [-0.15, -0.1) is 0 Å². The van der Waals surface area contributed by atoms with Crippen molar-refractivity contribution in [3.05, 3.63) is 66.0 Å². The maximum atomic E-state index is 13.0. The number of halogens is 1. The summed E-state index contributed by atoms with van der Waals surface area (Å²) in [6.07, 6.45) is 1.47. The molecule has 0 amide bonds. The molecule has 0 saturated carbocycles. The molecule has 3 rings (SSSR count). The van der Waals surface area contributed by atoms with Crippen LogP contribution in [0.1, 0.15) is 31.4 Å². The predicted molar refractivity (Wildman–Crippen MR) is 95.6 cm³/mol. The van der Waals surface area contributed by atoms with Gasteiger partial charge in [-0.25, -0.2) is 4.39 Å². The molecule has 1 saturated heterocycles. The summed E-state index contributed by atoms with van der Waals surface area (Å²) in [5.41, 5.74) is 2.02. The first-order chi connectivity index (χ1) is 11.6. The molecular formula is C20H25FN2O. The fraction of sp³-hybridized carbons (Fsp3) is 0.400. The third-order valence-electron chi connectivity index (χ3n) is 4.80. The number of hydrogen-bond donors (Lipinski definition) is 2. The Morgan fingerprint density at radius 2 is 1.67 bits per heavy atom. The standard InChI is InChI=1S/C20H25FN2O/c1-15(20(24)16-7-9-17(21)10-8-16)22-18-11-13-23(14-12-18)19-5-3-2-4-6-19/h2-10,15,18,20,22,24H,11-14H2,1H3. The lowest BCUT2D eigenvalue weighted by Crippen LogP contribution is -2.47. The van der Waals surface area contributed by atoms with Crippen molar-refractivity contribution in [2.75, 3.05) is 18.0 Å². The number of aliphatic hydroxyl groups is 1. The van der Waals surface area contributed by atoms with E-state index in [1.165, 1.54) is 17.8 Å². The highest BCUT2D eigenvalue weighted by molar-refractivity contribution is 5.46. The molecule has 1 aliphatic rings. The smallest absolute Gasteiger partial charge is 0.123 e. The van der Waals surface area contributed by atoms with Gasteiger partial charge in [0, 0.05) is 30.9 Å². The van der Waals surface area contributed by atoms with E-state index in [9.17, 15) is 9.50 Å². The lowest BCUT2D eigenvalue weighted by atomic mass is 9.99. The van der Waals surface area contributed by atoms with Crippen molar-refractivity contribution in [2.24, 2.45) is 0 Å². The maximum absolute atomic E-state index is 13.0. The van der Waals surface area contributed by atoms with Crippen molar-refractivity contribution in [1.29, 1.82) is 0 Å². The molecule has 2 aromatic carbocycles. The molecule has 0 radical (unpaired) electrons. The Labute approximate surface area is 143 Å². The Kier molecular flexibility index (Phi) is 5.48. The van der Waals surface area contributed by atoms with E-state index in [0.29, 0.717) is 6.04 Å². The monoisotopic (exact) mass is 328 g/mol. The minimum absolute atomic E-state index is 0.0660. The second-order valence-corrected chi connectivity index (χ2v) is 6.55. The van der Waals surface area contributed by atoms with Crippen LogP contribution in [0, 0.1) is 5.82 Å². The molecular weight excluding hydrogens is 303 g/mol. The molecule has 0 bridgehead atoms. The normalized spacial score (nSPS) is 18.4. The van der Waals surface area contributed by atoms with Crippen LogP contribution in [-0.2, 0) is 0 Å². The number of hydrogen-bond acceptors (Lipinski definition) is 3. The first-order valence-corrected chi connectivity index (χ1v) is 8.63. The number of rotatable bonds is 5. The molecule has 0 spiro atoms. The Morgan fingerprint density at radius 3 is 2.29 bits per heavy atom. The van der Waals surface area contributed by atoms with Gasteiger partial charge >= 0.3 is 0 Å². The highest BCUT2D eigenvalue weighted by Gasteiger charge is 2.24. The molecule has 2 N–H and O–H groups in total. The van der Waals surface area contributed by atoms with Gasteiger partial charge in [0.1, 0.15) is 5.82 Å². The van der Waals surface area contributed by atoms with E-state index in [2.05, 4.69) is 34.5 Å². The summed E-state index contributed by atoms with van der Waals surface area (Å²) in [7, 11) is 0. The van der Waals surface area contributed by atoms with Crippen molar-refractivity contribution in [2.45, 2.75) is 38.0 Å². The zero-order valence-corrected chi connectivity index (χ0v) is 14.0. The molecule has 0 aromatic heterocycles. The van der Waals surface area contributed by atoms with Crippen LogP contribution in [-0.4, -0.2) is 30.3 Å². The first kappa shape index (κ1) is 16.9. The van der Waals surface area contributed by atoms with Gasteiger partial charge in [0.15, 0.2) is 0 Å². The van der Waals surface area contributed by atoms with E-state index in [-0.39, 0.29) is 11.9 Å². The largest absolute Gasteiger partial charge is 0.387 e. The van der Waals surface area contributed by atoms with Crippen LogP contribution in [0.4, 0.5) is 10.1 Å². The van der Waals surface area contributed by atoms with Crippen LogP contribution >= 0.6 is 0 Å². The summed E-state index contributed by atoms with van der Waals surface area (Å²) >= 11 is 0. The molecule has 24 heavy (non-hydrogen) atoms. The predicted octanol–water partition coefficient (Wildman–Crippen LogP) is 3.51. The zero-order chi connectivity index (χ0) is 16.9. The summed E-state index contributed by atoms with van der Waals surface area (Å²) in [5, 5.41) is 14.0. The average Bonchev–Trinajstić information content (AvgIpc) is 2.63. The molecule has 4 heteroatoms. The fourth-order valence-corrected chi connectivity index (χ4v) is 3.35. The average molecular weight is 328 g/mol. The van der Waals surface area contributed by atoms with Gasteiger partial charge in [-0.05, 0) is 49.6 Å². The van der Waals surface area contributed by atoms with Crippen LogP contribution in [0.5, 0.6) is 0 Å². The van der Waals surface area contributed by atoms with Gasteiger partial charge in [0.25, 0.3) is 0 Å². The quantitative estimate of drug-likeness (QED) is 0.882. The summed E-state index contributed by atoms with van der Waals surface area (Å²) in [6, 6.07) is 16.9. The van der Waals surface area contributed by atoms with E-state index < -0.39 is 6.10 Å². The van der Waals surface area contributed by atoms with Gasteiger partial charge in [0.2, 0.25) is 0 Å². The van der Waals surface area contributed by atoms with Crippen molar-refractivity contribution in [3.63, 3.8) is 0 Å². The molecule has 2 unspecified atom stereocenters. The zero-order valence-electron chi connectivity index (χ0n) is 14.0. The number of nitrogens with zero attached hydrogens (tertiary/aromatic N) is 1. The van der Waals surface area contributed by atoms with Crippen molar-refractivity contribution >= 4 is 5.69 Å². The number of piperidine rings is 1. The lowest BCUT2D eigenvalue weighted by molar-refractivity contribution is 0.126. The third kappa shape index (κ3) is 4.13. The number of anilines is 1. The second kappa shape index (κ2) is 7.77. The summed E-state index contributed by atoms with van der Waals surface area (Å²) in [4.78, 5) is 2.40. The fourth-order valence-electron chi connectivity index (χ4n) is 3.35. The second-order valence-electron chi connectivity index (χ2n) is 6.55. The van der Waals surface area contributed by atoms with E-state index >= 15 is 0 Å². The van der Waals surface area contributed by atoms with Crippen LogP contribution in [0.25, 0.3) is 0 Å². The minimum Gasteiger partial charge on any atom is -0.387 e. The lowest BCUT2D eigenvalue weighted by Gasteiger charge is -2.36. The number of aliphatic hydroxyl groups excluding tert-OH is 1. The molecule has 1 heterocycles. The topological polar surface area (TPSA) is 35.5 Å². The van der Waals surface area contributed by atoms with Crippen LogP contribution in [0.15, 0.2) is 54.6 Å². The Morgan fingerprint density at radius 1 is 1.04 bits per heavy atom. The maximum Gasteiger partial charge on any atom is 0.123 e. The van der Waals surface area contributed by atoms with E-state index in [1.807, 2.05) is 13.0 Å². The van der Waals surface area contributed by atoms with Gasteiger partial charge in [0.05, 0.1) is 6.10 Å². The SMILES string of the molecule is CC(NC1CCN(c2ccccc2)CC1)C(O)c1ccc(F)cc1. The Hall–Kier alpha value is -1.91. The number of benzene rings is 2. The van der Waals surface area contributed by atoms with Crippen LogP contribution in [0.2, 0.25) is 0 Å².